The predicted molar refractivity (Wildman–Crippen MR) is 55.5 cm³/mol. The molecule has 6 nitrogen and oxygen atoms in total. The second-order valence-electron chi connectivity index (χ2n) is 2.68. The Hall–Kier alpha value is -2.24. The highest BCUT2D eigenvalue weighted by atomic mass is 16.6. The Bertz CT molecular complexity index is 362. The van der Waals surface area contributed by atoms with Crippen molar-refractivity contribution in [2.24, 2.45) is 0 Å². The van der Waals surface area contributed by atoms with E-state index in [2.05, 4.69) is 4.74 Å². The minimum absolute atomic E-state index is 0.137. The van der Waals surface area contributed by atoms with E-state index in [0.717, 1.165) is 0 Å². The molecular weight excluding hydrogens is 214 g/mol. The van der Waals surface area contributed by atoms with Crippen molar-refractivity contribution >= 4 is 17.6 Å². The van der Waals surface area contributed by atoms with Crippen LogP contribution in [0.5, 0.6) is 0 Å². The van der Waals surface area contributed by atoms with E-state index in [1.54, 1.807) is 18.2 Å². The second kappa shape index (κ2) is 7.10. The van der Waals surface area contributed by atoms with E-state index in [1.165, 1.54) is 26.0 Å². The first-order chi connectivity index (χ1) is 7.43. The predicted octanol–water partition coefficient (Wildman–Crippen LogP) is 1.69. The van der Waals surface area contributed by atoms with Gasteiger partial charge in [-0.05, 0) is 0 Å². The summed E-state index contributed by atoms with van der Waals surface area (Å²) in [4.78, 5) is 29.2. The molecule has 6 heteroatoms. The molecule has 0 heterocycles. The summed E-state index contributed by atoms with van der Waals surface area (Å²) in [6, 6.07) is 7.93. The molecule has 0 aromatic heterocycles. The van der Waals surface area contributed by atoms with E-state index >= 15 is 0 Å². The zero-order valence-electron chi connectivity index (χ0n) is 8.88. The summed E-state index contributed by atoms with van der Waals surface area (Å²) in [6.07, 6.45) is 0. The lowest BCUT2D eigenvalue weighted by Crippen LogP contribution is -2.03. The van der Waals surface area contributed by atoms with Gasteiger partial charge in [0.15, 0.2) is 0 Å². The van der Waals surface area contributed by atoms with E-state index in [0.29, 0.717) is 0 Å². The number of esters is 2. The molecular formula is C10H11NO5. The average molecular weight is 225 g/mol. The zero-order chi connectivity index (χ0) is 12.6. The van der Waals surface area contributed by atoms with Crippen molar-refractivity contribution < 1.29 is 19.2 Å². The van der Waals surface area contributed by atoms with Crippen molar-refractivity contribution in [1.29, 1.82) is 0 Å². The first kappa shape index (κ1) is 13.8. The molecule has 86 valence electrons. The molecule has 0 atom stereocenters. The third-order valence-corrected chi connectivity index (χ3v) is 1.25. The summed E-state index contributed by atoms with van der Waals surface area (Å²) in [7, 11) is 0. The summed E-state index contributed by atoms with van der Waals surface area (Å²) < 4.78 is 3.97. The lowest BCUT2D eigenvalue weighted by atomic mass is 10.3. The van der Waals surface area contributed by atoms with Crippen LogP contribution in [0.3, 0.4) is 0 Å². The third-order valence-electron chi connectivity index (χ3n) is 1.25. The molecule has 1 aromatic rings. The van der Waals surface area contributed by atoms with Crippen LogP contribution in [0.1, 0.15) is 13.8 Å². The summed E-state index contributed by atoms with van der Waals surface area (Å²) in [5.41, 5.74) is 0.137. The molecule has 0 fully saturated rings. The van der Waals surface area contributed by atoms with Crippen LogP contribution in [-0.2, 0) is 14.3 Å². The molecule has 0 amide bonds. The number of para-hydroxylation sites is 1. The maximum atomic E-state index is 10.0. The molecule has 0 spiro atoms. The van der Waals surface area contributed by atoms with Crippen LogP contribution in [0.2, 0.25) is 0 Å². The number of carbonyl (C=O) groups excluding carboxylic acids is 2. The molecule has 1 rings (SSSR count). The van der Waals surface area contributed by atoms with Gasteiger partial charge in [0, 0.05) is 26.0 Å². The number of nitro groups is 1. The van der Waals surface area contributed by atoms with Crippen molar-refractivity contribution in [1.82, 2.24) is 0 Å². The Morgan fingerprint density at radius 3 is 1.75 bits per heavy atom. The van der Waals surface area contributed by atoms with Crippen molar-refractivity contribution in [2.75, 3.05) is 0 Å². The SMILES string of the molecule is CC(=O)OC(C)=O.O=[N+]([O-])c1ccccc1. The van der Waals surface area contributed by atoms with Crippen LogP contribution in [0, 0.1) is 10.1 Å². The Balaban J connectivity index is 0.000000293. The number of carbonyl (C=O) groups is 2. The number of rotatable bonds is 1. The maximum Gasteiger partial charge on any atom is 0.310 e. The highest BCUT2D eigenvalue weighted by Crippen LogP contribution is 2.06. The van der Waals surface area contributed by atoms with Gasteiger partial charge >= 0.3 is 11.9 Å². The summed E-state index contributed by atoms with van der Waals surface area (Å²) >= 11 is 0. The number of hydrogen-bond donors (Lipinski definition) is 0. The minimum atomic E-state index is -0.562. The van der Waals surface area contributed by atoms with E-state index in [1.807, 2.05) is 0 Å². The zero-order valence-corrected chi connectivity index (χ0v) is 8.88. The highest BCUT2D eigenvalue weighted by molar-refractivity contribution is 5.82. The topological polar surface area (TPSA) is 86.5 Å². The maximum absolute atomic E-state index is 10.0. The van der Waals surface area contributed by atoms with Crippen LogP contribution >= 0.6 is 0 Å². The molecule has 0 aliphatic rings. The van der Waals surface area contributed by atoms with Crippen LogP contribution in [-0.4, -0.2) is 16.9 Å². The minimum Gasteiger partial charge on any atom is -0.394 e. The largest absolute Gasteiger partial charge is 0.394 e. The van der Waals surface area contributed by atoms with Gasteiger partial charge in [-0.2, -0.15) is 0 Å². The van der Waals surface area contributed by atoms with Crippen LogP contribution in [0.25, 0.3) is 0 Å². The molecule has 0 unspecified atom stereocenters. The number of benzene rings is 1. The van der Waals surface area contributed by atoms with E-state index in [-0.39, 0.29) is 5.69 Å². The lowest BCUT2D eigenvalue weighted by molar-refractivity contribution is -0.384. The van der Waals surface area contributed by atoms with Crippen LogP contribution < -0.4 is 0 Å². The van der Waals surface area contributed by atoms with Gasteiger partial charge < -0.3 is 4.74 Å². The number of nitrogens with zero attached hydrogens (tertiary/aromatic N) is 1. The van der Waals surface area contributed by atoms with E-state index < -0.39 is 16.9 Å². The highest BCUT2D eigenvalue weighted by Gasteiger charge is 1.98. The first-order valence-electron chi connectivity index (χ1n) is 4.32. The molecule has 16 heavy (non-hydrogen) atoms. The van der Waals surface area contributed by atoms with Gasteiger partial charge in [0.1, 0.15) is 0 Å². The Labute approximate surface area is 92.0 Å². The number of hydrogen-bond acceptors (Lipinski definition) is 5. The molecule has 0 radical (unpaired) electrons. The first-order valence-corrected chi connectivity index (χ1v) is 4.32. The van der Waals surface area contributed by atoms with Crippen LogP contribution in [0.15, 0.2) is 30.3 Å². The van der Waals surface area contributed by atoms with Crippen molar-refractivity contribution in [3.05, 3.63) is 40.4 Å². The molecule has 0 N–H and O–H groups in total. The molecule has 1 aromatic carbocycles. The fourth-order valence-corrected chi connectivity index (χ4v) is 0.752. The average Bonchev–Trinajstić information content (AvgIpc) is 2.17. The number of nitro benzene ring substituents is 1. The van der Waals surface area contributed by atoms with Crippen molar-refractivity contribution in [3.63, 3.8) is 0 Å². The molecule has 0 bridgehead atoms. The Morgan fingerprint density at radius 2 is 1.56 bits per heavy atom. The van der Waals surface area contributed by atoms with Gasteiger partial charge in [-0.15, -0.1) is 0 Å². The third kappa shape index (κ3) is 7.19. The summed E-state index contributed by atoms with van der Waals surface area (Å²) in [5, 5.41) is 10.0. The second-order valence-corrected chi connectivity index (χ2v) is 2.68. The number of ether oxygens (including phenoxy) is 1. The molecule has 0 saturated heterocycles. The van der Waals surface area contributed by atoms with Gasteiger partial charge in [0.25, 0.3) is 5.69 Å². The van der Waals surface area contributed by atoms with E-state index in [4.69, 9.17) is 0 Å². The quantitative estimate of drug-likeness (QED) is 0.314. The van der Waals surface area contributed by atoms with Crippen molar-refractivity contribution in [3.8, 4) is 0 Å². The normalized spacial score (nSPS) is 8.38. The standard InChI is InChI=1S/C6H5NO2.C4H6O3/c8-7(9)6-4-2-1-3-5-6;1-3(5)7-4(2)6/h1-5H;1-2H3. The Kier molecular flexibility index (Phi) is 6.11. The van der Waals surface area contributed by atoms with E-state index in [9.17, 15) is 19.7 Å². The van der Waals surface area contributed by atoms with Gasteiger partial charge in [0.2, 0.25) is 0 Å². The number of non-ortho nitro benzene ring substituents is 1. The summed E-state index contributed by atoms with van der Waals surface area (Å²) in [5.74, 6) is -1.12. The fourth-order valence-electron chi connectivity index (χ4n) is 0.752. The molecule has 0 aliphatic carbocycles. The van der Waals surface area contributed by atoms with Crippen LogP contribution in [0.4, 0.5) is 5.69 Å². The fraction of sp³-hybridized carbons (Fsp3) is 0.200. The smallest absolute Gasteiger partial charge is 0.310 e. The van der Waals surface area contributed by atoms with Gasteiger partial charge in [-0.1, -0.05) is 18.2 Å². The monoisotopic (exact) mass is 225 g/mol. The van der Waals surface area contributed by atoms with Gasteiger partial charge in [-0.3, -0.25) is 19.7 Å². The van der Waals surface area contributed by atoms with Crippen molar-refractivity contribution in [2.45, 2.75) is 13.8 Å². The lowest BCUT2D eigenvalue weighted by Gasteiger charge is -1.87. The Morgan fingerprint density at radius 1 is 1.12 bits per heavy atom. The summed E-state index contributed by atoms with van der Waals surface area (Å²) in [6.45, 7) is 2.36. The van der Waals surface area contributed by atoms with Gasteiger partial charge in [-0.25, -0.2) is 0 Å². The molecule has 0 saturated carbocycles. The van der Waals surface area contributed by atoms with Gasteiger partial charge in [0.05, 0.1) is 4.92 Å². The molecule has 0 aliphatic heterocycles.